The van der Waals surface area contributed by atoms with Crippen LogP contribution in [0.15, 0.2) is 0 Å². The monoisotopic (exact) mass is 649 g/mol. The maximum absolute atomic E-state index is 12.6. The molecule has 1 aliphatic heterocycles. The second kappa shape index (κ2) is 11.4. The third-order valence-corrected chi connectivity index (χ3v) is 16.0. The van der Waals surface area contributed by atoms with Gasteiger partial charge in [-0.1, -0.05) is 6.92 Å². The molecule has 43 heavy (non-hydrogen) atoms. The lowest BCUT2D eigenvalue weighted by molar-refractivity contribution is -0.335. The van der Waals surface area contributed by atoms with Gasteiger partial charge in [0.05, 0.1) is 17.6 Å². The van der Waals surface area contributed by atoms with E-state index in [1.165, 1.54) is 32.1 Å². The SMILES string of the molecule is CC1(C)O[C@]23CC[C@H]4[C@@H](CC[C@H]5C[C@@H](OC(=O)CCC(=O)NCCCC(O)(P(=O)(O)O)P(=O)(O)O)CC[C@@]54C)C2CCC13. The minimum atomic E-state index is -5.54. The first-order valence-corrected chi connectivity index (χ1v) is 19.1. The molecule has 0 aromatic heterocycles. The van der Waals surface area contributed by atoms with Gasteiger partial charge in [0.1, 0.15) is 6.10 Å². The largest absolute Gasteiger partial charge is 0.462 e. The fourth-order valence-corrected chi connectivity index (χ4v) is 12.4. The molecule has 1 heterocycles. The van der Waals surface area contributed by atoms with Gasteiger partial charge in [-0.3, -0.25) is 18.7 Å². The Bertz CT molecular complexity index is 1180. The van der Waals surface area contributed by atoms with Crippen molar-refractivity contribution in [3.05, 3.63) is 0 Å². The van der Waals surface area contributed by atoms with Crippen LogP contribution < -0.4 is 5.32 Å². The average Bonchev–Trinajstić information content (AvgIpc) is 3.23. The molecular formula is C29H49NO11P2. The second-order valence-corrected chi connectivity index (χ2v) is 18.7. The van der Waals surface area contributed by atoms with Gasteiger partial charge in [-0.25, -0.2) is 0 Å². The van der Waals surface area contributed by atoms with E-state index >= 15 is 0 Å². The Labute approximate surface area is 253 Å². The molecule has 5 fully saturated rings. The second-order valence-electron chi connectivity index (χ2n) is 14.7. The predicted octanol–water partition coefficient (Wildman–Crippen LogP) is 3.78. The Hall–Kier alpha value is -0.840. The summed E-state index contributed by atoms with van der Waals surface area (Å²) < 4.78 is 35.3. The van der Waals surface area contributed by atoms with Crippen molar-refractivity contribution in [2.24, 2.45) is 35.0 Å². The number of esters is 1. The molecule has 0 radical (unpaired) electrons. The number of ether oxygens (including phenoxy) is 2. The number of fused-ring (bicyclic) bond motifs is 4. The number of hydrogen-bond acceptors (Lipinski definition) is 7. The van der Waals surface area contributed by atoms with E-state index in [0.29, 0.717) is 23.7 Å². The van der Waals surface area contributed by atoms with E-state index in [9.17, 15) is 43.4 Å². The van der Waals surface area contributed by atoms with E-state index in [0.717, 1.165) is 31.6 Å². The van der Waals surface area contributed by atoms with E-state index < -0.39 is 38.6 Å². The van der Waals surface area contributed by atoms with Crippen molar-refractivity contribution in [1.29, 1.82) is 0 Å². The lowest BCUT2D eigenvalue weighted by Gasteiger charge is -2.67. The predicted molar refractivity (Wildman–Crippen MR) is 155 cm³/mol. The molecule has 2 unspecified atom stereocenters. The van der Waals surface area contributed by atoms with Crippen LogP contribution in [-0.4, -0.2) is 65.5 Å². The van der Waals surface area contributed by atoms with Crippen LogP contribution in [0, 0.1) is 35.0 Å². The highest BCUT2D eigenvalue weighted by Gasteiger charge is 2.71. The summed E-state index contributed by atoms with van der Waals surface area (Å²) in [6.45, 7) is 6.78. The lowest BCUT2D eigenvalue weighted by atomic mass is 9.45. The summed E-state index contributed by atoms with van der Waals surface area (Å²) in [5.41, 5.74) is 0.374. The van der Waals surface area contributed by atoms with Gasteiger partial charge in [-0.05, 0) is 107 Å². The maximum atomic E-state index is 12.6. The van der Waals surface area contributed by atoms with Gasteiger partial charge in [0.15, 0.2) is 0 Å². The van der Waals surface area contributed by atoms with Crippen LogP contribution in [0.2, 0.25) is 0 Å². The van der Waals surface area contributed by atoms with Crippen LogP contribution in [-0.2, 0) is 28.2 Å². The van der Waals surface area contributed by atoms with Crippen molar-refractivity contribution in [2.45, 2.75) is 127 Å². The number of carbonyl (C=O) groups is 2. The zero-order chi connectivity index (χ0) is 31.6. The van der Waals surface area contributed by atoms with Crippen LogP contribution in [0.5, 0.6) is 0 Å². The summed E-state index contributed by atoms with van der Waals surface area (Å²) >= 11 is 0. The van der Waals surface area contributed by atoms with Gasteiger partial charge >= 0.3 is 21.2 Å². The third kappa shape index (κ3) is 5.82. The first-order chi connectivity index (χ1) is 19.8. The van der Waals surface area contributed by atoms with Crippen molar-refractivity contribution in [3.63, 3.8) is 0 Å². The van der Waals surface area contributed by atoms with Gasteiger partial charge < -0.3 is 39.5 Å². The molecule has 246 valence electrons. The third-order valence-electron chi connectivity index (χ3n) is 12.1. The average molecular weight is 650 g/mol. The lowest BCUT2D eigenvalue weighted by Crippen LogP contribution is -2.69. The Morgan fingerprint density at radius 2 is 1.63 bits per heavy atom. The molecule has 4 aliphatic carbocycles. The summed E-state index contributed by atoms with van der Waals surface area (Å²) in [5, 5.41) is 8.83. The normalized spacial score (nSPS) is 38.5. The Morgan fingerprint density at radius 1 is 0.930 bits per heavy atom. The van der Waals surface area contributed by atoms with Crippen LogP contribution >= 0.6 is 15.2 Å². The van der Waals surface area contributed by atoms with Crippen LogP contribution in [0.3, 0.4) is 0 Å². The zero-order valence-electron chi connectivity index (χ0n) is 25.4. The summed E-state index contributed by atoms with van der Waals surface area (Å²) in [7, 11) is -11.1. The molecular weight excluding hydrogens is 600 g/mol. The van der Waals surface area contributed by atoms with E-state index in [1.807, 2.05) is 0 Å². The number of carbonyl (C=O) groups excluding carboxylic acids is 2. The minimum Gasteiger partial charge on any atom is -0.462 e. The number of amides is 1. The first-order valence-electron chi connectivity index (χ1n) is 15.8. The molecule has 1 spiro atoms. The van der Waals surface area contributed by atoms with E-state index in [2.05, 4.69) is 26.1 Å². The smallest absolute Gasteiger partial charge is 0.369 e. The van der Waals surface area contributed by atoms with Crippen molar-refractivity contribution >= 4 is 27.1 Å². The molecule has 1 saturated heterocycles. The van der Waals surface area contributed by atoms with Crippen LogP contribution in [0.25, 0.3) is 0 Å². The Kier molecular flexibility index (Phi) is 8.92. The van der Waals surface area contributed by atoms with Gasteiger partial charge in [0, 0.05) is 25.3 Å². The van der Waals surface area contributed by atoms with Crippen molar-refractivity contribution in [3.8, 4) is 0 Å². The quantitative estimate of drug-likeness (QED) is 0.114. The molecule has 0 bridgehead atoms. The van der Waals surface area contributed by atoms with Crippen molar-refractivity contribution in [1.82, 2.24) is 5.32 Å². The highest BCUT2D eigenvalue weighted by molar-refractivity contribution is 7.72. The standard InChI is InChI=1S/C29H49NO11P2/c1-26(2)23-8-7-22-20-6-5-18-17-19(11-14-27(18,3)21(20)12-15-28(22,23)41-26)40-25(32)10-9-24(31)30-16-4-13-29(33,42(34,35)36)43(37,38)39/h18-23,33H,4-17H2,1-3H3,(H,30,31)(H2,34,35,36)(H2,37,38,39)/t18-,19-,20+,21-,22?,23?,27-,28+/m0/s1. The maximum Gasteiger partial charge on any atom is 0.369 e. The molecule has 1 amide bonds. The van der Waals surface area contributed by atoms with Crippen LogP contribution in [0.1, 0.15) is 104 Å². The van der Waals surface area contributed by atoms with Gasteiger partial charge in [-0.15, -0.1) is 0 Å². The number of hydrogen-bond donors (Lipinski definition) is 6. The fraction of sp³-hybridized carbons (Fsp3) is 0.931. The van der Waals surface area contributed by atoms with E-state index in [4.69, 9.17) is 9.47 Å². The van der Waals surface area contributed by atoms with Gasteiger partial charge in [-0.2, -0.15) is 0 Å². The number of nitrogens with one attached hydrogen (secondary N) is 1. The minimum absolute atomic E-state index is 0.0142. The summed E-state index contributed by atoms with van der Waals surface area (Å²) in [5.74, 6) is 2.32. The molecule has 0 aromatic rings. The molecule has 6 N–H and O–H groups in total. The fourth-order valence-electron chi connectivity index (χ4n) is 10.1. The summed E-state index contributed by atoms with van der Waals surface area (Å²) in [6, 6.07) is 0. The van der Waals surface area contributed by atoms with Crippen molar-refractivity contribution in [2.75, 3.05) is 6.54 Å². The number of rotatable bonds is 10. The molecule has 8 atom stereocenters. The number of aliphatic hydroxyl groups is 1. The molecule has 5 rings (SSSR count). The zero-order valence-corrected chi connectivity index (χ0v) is 27.2. The van der Waals surface area contributed by atoms with E-state index in [1.54, 1.807) is 0 Å². The van der Waals surface area contributed by atoms with Crippen molar-refractivity contribution < 1.29 is 52.9 Å². The summed E-state index contributed by atoms with van der Waals surface area (Å²) in [6.07, 6.45) is 8.38. The summed E-state index contributed by atoms with van der Waals surface area (Å²) in [4.78, 5) is 61.5. The van der Waals surface area contributed by atoms with Gasteiger partial charge in [0.25, 0.3) is 5.08 Å². The van der Waals surface area contributed by atoms with E-state index in [-0.39, 0.29) is 48.5 Å². The highest BCUT2D eigenvalue weighted by atomic mass is 31.2. The molecule has 5 aliphatic rings. The molecule has 14 heteroatoms. The highest BCUT2D eigenvalue weighted by Crippen LogP contribution is 2.71. The molecule has 12 nitrogen and oxygen atoms in total. The topological polar surface area (TPSA) is 200 Å². The van der Waals surface area contributed by atoms with Gasteiger partial charge in [0.2, 0.25) is 5.91 Å². The Balaban J connectivity index is 1.05. The Morgan fingerprint density at radius 3 is 2.28 bits per heavy atom. The first kappa shape index (κ1) is 33.5. The van der Waals surface area contributed by atoms with Crippen LogP contribution in [0.4, 0.5) is 0 Å². The molecule has 4 saturated carbocycles. The molecule has 0 aromatic carbocycles.